The highest BCUT2D eigenvalue weighted by Crippen LogP contribution is 2.19. The summed E-state index contributed by atoms with van der Waals surface area (Å²) in [7, 11) is 0. The molecule has 7 heteroatoms. The van der Waals surface area contributed by atoms with E-state index in [0.717, 1.165) is 11.1 Å². The van der Waals surface area contributed by atoms with Gasteiger partial charge in [-0.2, -0.15) is 0 Å². The number of ether oxygens (including phenoxy) is 2. The number of hydrogen-bond acceptors (Lipinski definition) is 7. The lowest BCUT2D eigenvalue weighted by molar-refractivity contribution is -0.134. The highest BCUT2D eigenvalue weighted by Gasteiger charge is 2.25. The lowest BCUT2D eigenvalue weighted by Gasteiger charge is -1.97. The summed E-state index contributed by atoms with van der Waals surface area (Å²) >= 11 is 0. The van der Waals surface area contributed by atoms with Crippen LogP contribution >= 0.6 is 0 Å². The van der Waals surface area contributed by atoms with E-state index in [9.17, 15) is 9.59 Å². The molecule has 2 aliphatic rings. The summed E-state index contributed by atoms with van der Waals surface area (Å²) in [6.45, 7) is 1.72. The Balaban J connectivity index is 0.000000158. The third kappa shape index (κ3) is 4.84. The first-order valence-electron chi connectivity index (χ1n) is 9.56. The summed E-state index contributed by atoms with van der Waals surface area (Å²) in [5, 5.41) is 0. The van der Waals surface area contributed by atoms with Crippen LogP contribution in [0.4, 0.5) is 0 Å². The molecule has 0 aliphatic carbocycles. The van der Waals surface area contributed by atoms with Crippen LogP contribution in [0.2, 0.25) is 0 Å². The van der Waals surface area contributed by atoms with Crippen molar-refractivity contribution in [3.63, 3.8) is 0 Å². The molecule has 0 saturated heterocycles. The summed E-state index contributed by atoms with van der Waals surface area (Å²) in [5.74, 6) is 0.570. The number of hydrogen-bond donors (Lipinski definition) is 0. The van der Waals surface area contributed by atoms with Gasteiger partial charge in [0.05, 0.1) is 6.26 Å². The number of carbonyl (C=O) groups is 2. The van der Waals surface area contributed by atoms with Gasteiger partial charge in [-0.05, 0) is 43.3 Å². The first kappa shape index (κ1) is 20.0. The molecule has 1 aromatic heterocycles. The average molecular weight is 414 g/mol. The maximum atomic E-state index is 11.6. The van der Waals surface area contributed by atoms with Gasteiger partial charge >= 0.3 is 11.9 Å². The minimum Gasteiger partial charge on any atom is -0.465 e. The van der Waals surface area contributed by atoms with Gasteiger partial charge in [-0.3, -0.25) is 0 Å². The summed E-state index contributed by atoms with van der Waals surface area (Å²) < 4.78 is 15.2. The third-order valence-electron chi connectivity index (χ3n) is 4.33. The Kier molecular flexibility index (Phi) is 5.84. The van der Waals surface area contributed by atoms with Crippen molar-refractivity contribution in [3.05, 3.63) is 102 Å². The summed E-state index contributed by atoms with van der Waals surface area (Å²) in [5.41, 5.74) is 1.86. The van der Waals surface area contributed by atoms with Crippen molar-refractivity contribution in [1.29, 1.82) is 0 Å². The second-order valence-electron chi connectivity index (χ2n) is 6.61. The molecule has 0 saturated carbocycles. The molecule has 31 heavy (non-hydrogen) atoms. The lowest BCUT2D eigenvalue weighted by Crippen LogP contribution is -2.10. The van der Waals surface area contributed by atoms with Crippen LogP contribution in [0.1, 0.15) is 23.8 Å². The largest absolute Gasteiger partial charge is 0.465 e. The first-order chi connectivity index (χ1) is 15.1. The number of esters is 2. The Hall–Kier alpha value is -4.26. The minimum atomic E-state index is -0.467. The van der Waals surface area contributed by atoms with E-state index in [1.165, 1.54) is 6.26 Å². The fourth-order valence-electron chi connectivity index (χ4n) is 2.77. The zero-order valence-electron chi connectivity index (χ0n) is 16.6. The van der Waals surface area contributed by atoms with Crippen molar-refractivity contribution in [1.82, 2.24) is 0 Å². The SMILES string of the molecule is CC1N=C(c2ccccc2)OC1=O.O=C1OC(c2ccccc2)=NC1=Cc1ccco1. The number of carbonyl (C=O) groups excluding carboxylic acids is 2. The van der Waals surface area contributed by atoms with Crippen LogP contribution in [-0.4, -0.2) is 29.8 Å². The predicted molar refractivity (Wildman–Crippen MR) is 114 cm³/mol. The molecule has 0 N–H and O–H groups in total. The molecule has 2 aromatic carbocycles. The molecule has 3 heterocycles. The maximum absolute atomic E-state index is 11.6. The Morgan fingerprint density at radius 1 is 0.806 bits per heavy atom. The number of furan rings is 1. The van der Waals surface area contributed by atoms with Crippen molar-refractivity contribution in [2.75, 3.05) is 0 Å². The van der Waals surface area contributed by atoms with E-state index in [1.54, 1.807) is 25.1 Å². The standard InChI is InChI=1S/C14H9NO3.C10H9NO2/c16-14-12(9-11-7-4-8-17-11)15-13(18-14)10-5-2-1-3-6-10;1-7-10(12)13-9(11-7)8-5-3-2-4-6-8/h1-9H;2-7H,1H3. The smallest absolute Gasteiger partial charge is 0.363 e. The van der Waals surface area contributed by atoms with Crippen LogP contribution in [0.3, 0.4) is 0 Å². The molecule has 1 atom stereocenters. The summed E-state index contributed by atoms with van der Waals surface area (Å²) in [6, 6.07) is 21.8. The monoisotopic (exact) mass is 414 g/mol. The zero-order valence-corrected chi connectivity index (χ0v) is 16.6. The van der Waals surface area contributed by atoms with Crippen molar-refractivity contribution < 1.29 is 23.5 Å². The second kappa shape index (κ2) is 9.04. The highest BCUT2D eigenvalue weighted by molar-refractivity contribution is 6.12. The van der Waals surface area contributed by atoms with E-state index in [2.05, 4.69) is 9.98 Å². The molecule has 0 amide bonds. The average Bonchev–Trinajstić information content (AvgIpc) is 3.52. The van der Waals surface area contributed by atoms with E-state index in [-0.39, 0.29) is 17.7 Å². The van der Waals surface area contributed by atoms with Crippen LogP contribution in [0, 0.1) is 0 Å². The van der Waals surface area contributed by atoms with Gasteiger partial charge in [-0.25, -0.2) is 19.6 Å². The second-order valence-corrected chi connectivity index (χ2v) is 6.61. The van der Waals surface area contributed by atoms with E-state index in [4.69, 9.17) is 13.9 Å². The molecule has 5 rings (SSSR count). The molecule has 7 nitrogen and oxygen atoms in total. The Labute approximate surface area is 178 Å². The third-order valence-corrected chi connectivity index (χ3v) is 4.33. The Morgan fingerprint density at radius 3 is 2.00 bits per heavy atom. The van der Waals surface area contributed by atoms with Crippen molar-refractivity contribution in [2.45, 2.75) is 13.0 Å². The molecular formula is C24H18N2O5. The van der Waals surface area contributed by atoms with Gasteiger partial charge in [-0.15, -0.1) is 0 Å². The van der Waals surface area contributed by atoms with Gasteiger partial charge in [-0.1, -0.05) is 36.4 Å². The van der Waals surface area contributed by atoms with Crippen LogP contribution < -0.4 is 0 Å². The van der Waals surface area contributed by atoms with E-state index in [0.29, 0.717) is 17.6 Å². The minimum absolute atomic E-state index is 0.240. The molecular weight excluding hydrogens is 396 g/mol. The van der Waals surface area contributed by atoms with Gasteiger partial charge in [0, 0.05) is 17.2 Å². The summed E-state index contributed by atoms with van der Waals surface area (Å²) in [6.07, 6.45) is 3.09. The fraction of sp³-hybridized carbons (Fsp3) is 0.0833. The number of nitrogens with zero attached hydrogens (tertiary/aromatic N) is 2. The van der Waals surface area contributed by atoms with Gasteiger partial charge in [0.15, 0.2) is 5.70 Å². The molecule has 0 bridgehead atoms. The predicted octanol–water partition coefficient (Wildman–Crippen LogP) is 4.00. The molecule has 0 fully saturated rings. The highest BCUT2D eigenvalue weighted by atomic mass is 16.6. The van der Waals surface area contributed by atoms with Crippen molar-refractivity contribution >= 4 is 29.8 Å². The van der Waals surface area contributed by atoms with Gasteiger partial charge in [0.25, 0.3) is 0 Å². The number of rotatable bonds is 3. The van der Waals surface area contributed by atoms with Crippen molar-refractivity contribution in [3.8, 4) is 0 Å². The normalized spacial score (nSPS) is 18.6. The van der Waals surface area contributed by atoms with Gasteiger partial charge in [0.2, 0.25) is 11.8 Å². The van der Waals surface area contributed by atoms with Crippen LogP contribution in [0.25, 0.3) is 6.08 Å². The lowest BCUT2D eigenvalue weighted by atomic mass is 10.2. The maximum Gasteiger partial charge on any atom is 0.363 e. The summed E-state index contributed by atoms with van der Waals surface area (Å²) in [4.78, 5) is 30.9. The van der Waals surface area contributed by atoms with Gasteiger partial charge < -0.3 is 13.9 Å². The first-order valence-corrected chi connectivity index (χ1v) is 9.56. The van der Waals surface area contributed by atoms with Gasteiger partial charge in [0.1, 0.15) is 11.8 Å². The number of cyclic esters (lactones) is 2. The molecule has 3 aromatic rings. The van der Waals surface area contributed by atoms with E-state index >= 15 is 0 Å². The number of benzene rings is 2. The Bertz CT molecular complexity index is 1160. The van der Waals surface area contributed by atoms with Crippen LogP contribution in [0.15, 0.2) is 99.2 Å². The van der Waals surface area contributed by atoms with E-state index in [1.807, 2.05) is 60.7 Å². The quantitative estimate of drug-likeness (QED) is 0.477. The molecule has 154 valence electrons. The Morgan fingerprint density at radius 2 is 1.45 bits per heavy atom. The molecule has 0 spiro atoms. The topological polar surface area (TPSA) is 90.5 Å². The van der Waals surface area contributed by atoms with Crippen molar-refractivity contribution in [2.24, 2.45) is 9.98 Å². The zero-order chi connectivity index (χ0) is 21.6. The fourth-order valence-corrected chi connectivity index (χ4v) is 2.77. The molecule has 2 aliphatic heterocycles. The molecule has 0 radical (unpaired) electrons. The molecule has 1 unspecified atom stereocenters. The van der Waals surface area contributed by atoms with E-state index < -0.39 is 5.97 Å². The van der Waals surface area contributed by atoms with Crippen LogP contribution in [0.5, 0.6) is 0 Å². The van der Waals surface area contributed by atoms with Crippen LogP contribution in [-0.2, 0) is 19.1 Å². The number of aliphatic imine (C=N–C) groups is 2.